The molecule has 0 aliphatic heterocycles. The fourth-order valence-corrected chi connectivity index (χ4v) is 1.80. The predicted octanol–water partition coefficient (Wildman–Crippen LogP) is 3.68. The summed E-state index contributed by atoms with van der Waals surface area (Å²) in [7, 11) is 0. The van der Waals surface area contributed by atoms with Gasteiger partial charge in [-0.05, 0) is 42.7 Å². The minimum Gasteiger partial charge on any atom is -0.258 e. The van der Waals surface area contributed by atoms with Crippen LogP contribution < -0.4 is 0 Å². The maximum Gasteiger partial charge on any atom is 0.269 e. The molecular weight excluding hydrogens is 214 g/mol. The van der Waals surface area contributed by atoms with Crippen LogP contribution in [-0.2, 0) is 0 Å². The van der Waals surface area contributed by atoms with E-state index in [0.717, 1.165) is 22.3 Å². The van der Waals surface area contributed by atoms with Crippen molar-refractivity contribution in [2.24, 2.45) is 0 Å². The van der Waals surface area contributed by atoms with Crippen LogP contribution in [0.15, 0.2) is 36.4 Å². The first-order valence-electron chi connectivity index (χ1n) is 5.31. The van der Waals surface area contributed by atoms with Crippen LogP contribution in [0.25, 0.3) is 11.1 Å². The molecule has 0 aromatic heterocycles. The average Bonchev–Trinajstić information content (AvgIpc) is 2.28. The van der Waals surface area contributed by atoms with E-state index < -0.39 is 0 Å². The van der Waals surface area contributed by atoms with Crippen molar-refractivity contribution in [1.82, 2.24) is 0 Å². The van der Waals surface area contributed by atoms with E-state index in [9.17, 15) is 10.1 Å². The van der Waals surface area contributed by atoms with Gasteiger partial charge in [-0.2, -0.15) is 0 Å². The quantitative estimate of drug-likeness (QED) is 0.579. The first-order valence-corrected chi connectivity index (χ1v) is 5.31. The smallest absolute Gasteiger partial charge is 0.258 e. The Morgan fingerprint density at radius 1 is 1.18 bits per heavy atom. The molecular formula is C14H12NO2. The van der Waals surface area contributed by atoms with Crippen molar-refractivity contribution in [3.05, 3.63) is 63.7 Å². The molecule has 0 spiro atoms. The van der Waals surface area contributed by atoms with Gasteiger partial charge in [0, 0.05) is 12.1 Å². The maximum atomic E-state index is 10.7. The van der Waals surface area contributed by atoms with Gasteiger partial charge in [0.05, 0.1) is 4.92 Å². The topological polar surface area (TPSA) is 43.1 Å². The lowest BCUT2D eigenvalue weighted by atomic mass is 9.99. The molecule has 0 atom stereocenters. The monoisotopic (exact) mass is 226 g/mol. The molecule has 0 unspecified atom stereocenters. The van der Waals surface area contributed by atoms with E-state index >= 15 is 0 Å². The lowest BCUT2D eigenvalue weighted by Gasteiger charge is -2.06. The van der Waals surface area contributed by atoms with Crippen LogP contribution in [-0.4, -0.2) is 4.92 Å². The molecule has 2 rings (SSSR count). The Labute approximate surface area is 99.9 Å². The molecule has 0 aliphatic rings. The van der Waals surface area contributed by atoms with E-state index in [0.29, 0.717) is 0 Å². The standard InChI is InChI=1S/C14H12NO2/c1-10-4-3-5-12(8-10)14-7-6-13(15(16)17)9-11(14)2/h3-4,6-9H,1-2H3. The van der Waals surface area contributed by atoms with Crippen LogP contribution in [0, 0.1) is 30.0 Å². The lowest BCUT2D eigenvalue weighted by molar-refractivity contribution is -0.384. The van der Waals surface area contributed by atoms with E-state index in [-0.39, 0.29) is 10.6 Å². The summed E-state index contributed by atoms with van der Waals surface area (Å²) in [5.41, 5.74) is 4.12. The van der Waals surface area contributed by atoms with Gasteiger partial charge in [0.15, 0.2) is 0 Å². The van der Waals surface area contributed by atoms with E-state index in [1.807, 2.05) is 32.0 Å². The van der Waals surface area contributed by atoms with Gasteiger partial charge in [-0.15, -0.1) is 0 Å². The van der Waals surface area contributed by atoms with Crippen molar-refractivity contribution in [3.63, 3.8) is 0 Å². The molecule has 0 bridgehead atoms. The second-order valence-electron chi connectivity index (χ2n) is 4.04. The molecule has 0 saturated carbocycles. The van der Waals surface area contributed by atoms with Crippen LogP contribution in [0.5, 0.6) is 0 Å². The van der Waals surface area contributed by atoms with Gasteiger partial charge in [0.1, 0.15) is 0 Å². The van der Waals surface area contributed by atoms with Crippen LogP contribution in [0.1, 0.15) is 11.1 Å². The number of non-ortho nitro benzene ring substituents is 1. The van der Waals surface area contributed by atoms with E-state index in [1.54, 1.807) is 12.1 Å². The fraction of sp³-hybridized carbons (Fsp3) is 0.143. The lowest BCUT2D eigenvalue weighted by Crippen LogP contribution is -1.90. The van der Waals surface area contributed by atoms with E-state index in [4.69, 9.17) is 0 Å². The van der Waals surface area contributed by atoms with Gasteiger partial charge >= 0.3 is 0 Å². The first kappa shape index (κ1) is 11.3. The maximum absolute atomic E-state index is 10.7. The minimum absolute atomic E-state index is 0.124. The third-order valence-corrected chi connectivity index (χ3v) is 2.67. The molecule has 0 aliphatic carbocycles. The van der Waals surface area contributed by atoms with Crippen LogP contribution in [0.4, 0.5) is 5.69 Å². The Hall–Kier alpha value is -2.16. The normalized spacial score (nSPS) is 10.2. The number of rotatable bonds is 2. The Bertz CT molecular complexity index is 576. The van der Waals surface area contributed by atoms with Crippen LogP contribution in [0.3, 0.4) is 0 Å². The largest absolute Gasteiger partial charge is 0.269 e. The number of benzene rings is 2. The van der Waals surface area contributed by atoms with E-state index in [1.165, 1.54) is 6.07 Å². The van der Waals surface area contributed by atoms with Gasteiger partial charge in [0.2, 0.25) is 0 Å². The minimum atomic E-state index is -0.378. The summed E-state index contributed by atoms with van der Waals surface area (Å²) < 4.78 is 0. The number of nitro benzene ring substituents is 1. The summed E-state index contributed by atoms with van der Waals surface area (Å²) in [6.45, 7) is 3.89. The summed E-state index contributed by atoms with van der Waals surface area (Å²) in [6.07, 6.45) is 0. The van der Waals surface area contributed by atoms with E-state index in [2.05, 4.69) is 6.07 Å². The Morgan fingerprint density at radius 2 is 1.94 bits per heavy atom. The fourth-order valence-electron chi connectivity index (χ4n) is 1.80. The first-order chi connectivity index (χ1) is 8.08. The molecule has 3 heteroatoms. The molecule has 85 valence electrons. The van der Waals surface area contributed by atoms with Gasteiger partial charge in [-0.25, -0.2) is 0 Å². The van der Waals surface area contributed by atoms with Gasteiger partial charge in [0.25, 0.3) is 5.69 Å². The highest BCUT2D eigenvalue weighted by atomic mass is 16.6. The van der Waals surface area contributed by atoms with Crippen molar-refractivity contribution in [2.75, 3.05) is 0 Å². The number of hydrogen-bond acceptors (Lipinski definition) is 2. The zero-order valence-corrected chi connectivity index (χ0v) is 9.73. The molecule has 0 saturated heterocycles. The molecule has 0 heterocycles. The molecule has 0 fully saturated rings. The SMILES string of the molecule is Cc1cc[c]c(-c2ccc([N+](=O)[O-])cc2C)c1. The number of hydrogen-bond donors (Lipinski definition) is 0. The van der Waals surface area contributed by atoms with Crippen molar-refractivity contribution in [2.45, 2.75) is 13.8 Å². The summed E-state index contributed by atoms with van der Waals surface area (Å²) in [5, 5.41) is 10.7. The van der Waals surface area contributed by atoms with Crippen molar-refractivity contribution < 1.29 is 4.92 Å². The van der Waals surface area contributed by atoms with Crippen molar-refractivity contribution >= 4 is 5.69 Å². The second kappa shape index (κ2) is 4.37. The van der Waals surface area contributed by atoms with Crippen LogP contribution in [0.2, 0.25) is 0 Å². The zero-order valence-electron chi connectivity index (χ0n) is 9.73. The third-order valence-electron chi connectivity index (χ3n) is 2.67. The molecule has 3 nitrogen and oxygen atoms in total. The summed E-state index contributed by atoms with van der Waals surface area (Å²) >= 11 is 0. The summed E-state index contributed by atoms with van der Waals surface area (Å²) in [6, 6.07) is 13.9. The molecule has 2 aromatic rings. The highest BCUT2D eigenvalue weighted by Gasteiger charge is 2.09. The van der Waals surface area contributed by atoms with Gasteiger partial charge < -0.3 is 0 Å². The zero-order chi connectivity index (χ0) is 12.4. The molecule has 2 aromatic carbocycles. The Kier molecular flexibility index (Phi) is 2.91. The number of nitro groups is 1. The van der Waals surface area contributed by atoms with Crippen LogP contribution >= 0.6 is 0 Å². The second-order valence-corrected chi connectivity index (χ2v) is 4.04. The summed E-state index contributed by atoms with van der Waals surface area (Å²) in [5.74, 6) is 0. The van der Waals surface area contributed by atoms with Crippen molar-refractivity contribution in [1.29, 1.82) is 0 Å². The summed E-state index contributed by atoms with van der Waals surface area (Å²) in [4.78, 5) is 10.3. The van der Waals surface area contributed by atoms with Gasteiger partial charge in [-0.1, -0.05) is 23.8 Å². The van der Waals surface area contributed by atoms with Crippen molar-refractivity contribution in [3.8, 4) is 11.1 Å². The highest BCUT2D eigenvalue weighted by Crippen LogP contribution is 2.26. The predicted molar refractivity (Wildman–Crippen MR) is 66.8 cm³/mol. The Morgan fingerprint density at radius 3 is 2.53 bits per heavy atom. The molecule has 1 radical (unpaired) electrons. The average molecular weight is 226 g/mol. The molecule has 0 N–H and O–H groups in total. The highest BCUT2D eigenvalue weighted by molar-refractivity contribution is 5.68. The molecule has 0 amide bonds. The number of aryl methyl sites for hydroxylation is 2. The third kappa shape index (κ3) is 2.33. The Balaban J connectivity index is 2.50. The number of nitrogens with zero attached hydrogens (tertiary/aromatic N) is 1. The molecule has 17 heavy (non-hydrogen) atoms. The van der Waals surface area contributed by atoms with Gasteiger partial charge in [-0.3, -0.25) is 10.1 Å².